The Morgan fingerprint density at radius 2 is 1.38 bits per heavy atom. The number of anilines is 1. The van der Waals surface area contributed by atoms with Gasteiger partial charge in [-0.2, -0.15) is 39.5 Å². The summed E-state index contributed by atoms with van der Waals surface area (Å²) in [6, 6.07) is 1.42. The van der Waals surface area contributed by atoms with Crippen LogP contribution in [-0.4, -0.2) is 28.5 Å². The van der Waals surface area contributed by atoms with Gasteiger partial charge in [-0.25, -0.2) is 4.79 Å². The van der Waals surface area contributed by atoms with E-state index in [-0.39, 0.29) is 30.2 Å². The molecule has 0 saturated heterocycles. The lowest BCUT2D eigenvalue weighted by Crippen LogP contribution is -2.49. The van der Waals surface area contributed by atoms with Crippen LogP contribution >= 0.6 is 0 Å². The minimum Gasteiger partial charge on any atom is -0.443 e. The summed E-state index contributed by atoms with van der Waals surface area (Å²) in [5.41, 5.74) is -5.98. The quantitative estimate of drug-likeness (QED) is 0.325. The van der Waals surface area contributed by atoms with Crippen LogP contribution in [0.25, 0.3) is 0 Å². The van der Waals surface area contributed by atoms with Crippen LogP contribution in [0.5, 0.6) is 0 Å². The number of alkyl halides is 9. The van der Waals surface area contributed by atoms with E-state index in [0.29, 0.717) is 12.1 Å². The van der Waals surface area contributed by atoms with E-state index < -0.39 is 77.0 Å². The molecular weight excluding hydrogens is 583 g/mol. The zero-order valence-electron chi connectivity index (χ0n) is 23.3. The Bertz CT molecular complexity index is 1300. The number of carbonyl (C=O) groups is 2. The average molecular weight is 613 g/mol. The fourth-order valence-electron chi connectivity index (χ4n) is 4.86. The highest BCUT2D eigenvalue weighted by atomic mass is 19.4. The highest BCUT2D eigenvalue weighted by Crippen LogP contribution is 2.45. The van der Waals surface area contributed by atoms with E-state index in [1.54, 1.807) is 27.7 Å². The minimum atomic E-state index is -5.14. The topological polar surface area (TPSA) is 49.9 Å². The molecule has 5 nitrogen and oxygen atoms in total. The highest BCUT2D eigenvalue weighted by molar-refractivity contribution is 5.91. The number of hydrogen-bond acceptors (Lipinski definition) is 3. The number of halogens is 9. The van der Waals surface area contributed by atoms with E-state index >= 15 is 0 Å². The summed E-state index contributed by atoms with van der Waals surface area (Å²) >= 11 is 0. The van der Waals surface area contributed by atoms with Gasteiger partial charge in [0.1, 0.15) is 5.60 Å². The summed E-state index contributed by atoms with van der Waals surface area (Å²) < 4.78 is 127. The summed E-state index contributed by atoms with van der Waals surface area (Å²) in [6.07, 6.45) is -15.9. The number of rotatable bonds is 4. The van der Waals surface area contributed by atoms with Gasteiger partial charge in [0.05, 0.1) is 28.4 Å². The number of benzene rings is 2. The Morgan fingerprint density at radius 1 is 0.857 bits per heavy atom. The van der Waals surface area contributed by atoms with Crippen LogP contribution in [0.15, 0.2) is 36.4 Å². The molecule has 1 heterocycles. The Hall–Kier alpha value is -3.45. The van der Waals surface area contributed by atoms with Gasteiger partial charge in [0.2, 0.25) is 5.91 Å². The van der Waals surface area contributed by atoms with E-state index in [4.69, 9.17) is 4.74 Å². The molecule has 232 valence electrons. The Morgan fingerprint density at radius 3 is 1.81 bits per heavy atom. The monoisotopic (exact) mass is 612 g/mol. The Kier molecular flexibility index (Phi) is 8.91. The Labute approximate surface area is 236 Å². The molecule has 0 radical (unpaired) electrons. The second kappa shape index (κ2) is 11.3. The third-order valence-corrected chi connectivity index (χ3v) is 6.68. The molecule has 0 bridgehead atoms. The standard InChI is InChI=1S/C28H29F9N2O3/c1-6-20-13-23(21-12-17(26(29,30)31)7-8-22(21)39(20)24(41)42-25(3,4)5)38(15(2)40)14-16-9-18(27(32,33)34)11-19(10-16)28(35,36)37/h7-12,20,23H,6,13-14H2,1-5H3. The van der Waals surface area contributed by atoms with Crippen molar-refractivity contribution < 1.29 is 53.8 Å². The van der Waals surface area contributed by atoms with Gasteiger partial charge in [-0.05, 0) is 81.1 Å². The van der Waals surface area contributed by atoms with Crippen molar-refractivity contribution in [3.8, 4) is 0 Å². The first-order chi connectivity index (χ1) is 19.0. The number of hydrogen-bond donors (Lipinski definition) is 0. The van der Waals surface area contributed by atoms with Crippen LogP contribution in [0.1, 0.15) is 81.3 Å². The molecule has 0 saturated carbocycles. The van der Waals surface area contributed by atoms with Crippen LogP contribution in [0, 0.1) is 0 Å². The SMILES string of the molecule is CCC1CC(N(Cc2cc(C(F)(F)F)cc(C(F)(F)F)c2)C(C)=O)c2cc(C(F)(F)F)ccc2N1C(=O)OC(C)(C)C. The maximum atomic E-state index is 13.7. The number of ether oxygens (including phenoxy) is 1. The molecule has 2 unspecified atom stereocenters. The van der Waals surface area contributed by atoms with Crippen molar-refractivity contribution in [3.63, 3.8) is 0 Å². The minimum absolute atomic E-state index is 0.0216. The zero-order chi connectivity index (χ0) is 32.0. The summed E-state index contributed by atoms with van der Waals surface area (Å²) in [6.45, 7) is 6.68. The van der Waals surface area contributed by atoms with E-state index in [2.05, 4.69) is 0 Å². The smallest absolute Gasteiger partial charge is 0.416 e. The molecule has 0 aromatic heterocycles. The average Bonchev–Trinajstić information content (AvgIpc) is 2.83. The van der Waals surface area contributed by atoms with Crippen molar-refractivity contribution in [2.45, 2.75) is 90.2 Å². The molecule has 2 aromatic rings. The van der Waals surface area contributed by atoms with Gasteiger partial charge in [-0.1, -0.05) is 6.92 Å². The molecule has 1 aliphatic rings. The van der Waals surface area contributed by atoms with Crippen molar-refractivity contribution in [2.24, 2.45) is 0 Å². The van der Waals surface area contributed by atoms with Crippen LogP contribution in [0.4, 0.5) is 50.0 Å². The first-order valence-corrected chi connectivity index (χ1v) is 12.8. The third-order valence-electron chi connectivity index (χ3n) is 6.68. The summed E-state index contributed by atoms with van der Waals surface area (Å²) in [7, 11) is 0. The maximum Gasteiger partial charge on any atom is 0.416 e. The third kappa shape index (κ3) is 7.49. The molecule has 14 heteroatoms. The molecule has 2 atom stereocenters. The number of amides is 2. The molecule has 0 N–H and O–H groups in total. The first kappa shape index (κ1) is 33.1. The highest BCUT2D eigenvalue weighted by Gasteiger charge is 2.43. The van der Waals surface area contributed by atoms with Gasteiger partial charge in [-0.3, -0.25) is 9.69 Å². The van der Waals surface area contributed by atoms with Crippen molar-refractivity contribution in [2.75, 3.05) is 4.90 Å². The summed E-state index contributed by atoms with van der Waals surface area (Å²) in [5, 5.41) is 0. The Balaban J connectivity index is 2.20. The van der Waals surface area contributed by atoms with Crippen molar-refractivity contribution in [1.82, 2.24) is 4.90 Å². The lowest BCUT2D eigenvalue weighted by molar-refractivity contribution is -0.143. The number of nitrogens with zero attached hydrogens (tertiary/aromatic N) is 2. The van der Waals surface area contributed by atoms with Crippen LogP contribution < -0.4 is 4.90 Å². The molecule has 0 aliphatic carbocycles. The predicted octanol–water partition coefficient (Wildman–Crippen LogP) is 8.76. The number of fused-ring (bicyclic) bond motifs is 1. The first-order valence-electron chi connectivity index (χ1n) is 12.8. The van der Waals surface area contributed by atoms with Crippen LogP contribution in [0.3, 0.4) is 0 Å². The summed E-state index contributed by atoms with van der Waals surface area (Å²) in [5.74, 6) is -0.810. The molecule has 2 aromatic carbocycles. The van der Waals surface area contributed by atoms with Gasteiger partial charge in [0.15, 0.2) is 0 Å². The zero-order valence-corrected chi connectivity index (χ0v) is 23.3. The van der Waals surface area contributed by atoms with Crippen LogP contribution in [-0.2, 0) is 34.6 Å². The second-order valence-electron chi connectivity index (χ2n) is 11.0. The second-order valence-corrected chi connectivity index (χ2v) is 11.0. The number of carbonyl (C=O) groups excluding carboxylic acids is 2. The largest absolute Gasteiger partial charge is 0.443 e. The predicted molar refractivity (Wildman–Crippen MR) is 134 cm³/mol. The van der Waals surface area contributed by atoms with E-state index in [1.165, 1.54) is 4.90 Å². The fourth-order valence-corrected chi connectivity index (χ4v) is 4.86. The lowest BCUT2D eigenvalue weighted by Gasteiger charge is -2.44. The summed E-state index contributed by atoms with van der Waals surface area (Å²) in [4.78, 5) is 28.1. The lowest BCUT2D eigenvalue weighted by atomic mass is 9.87. The van der Waals surface area contributed by atoms with Gasteiger partial charge < -0.3 is 9.64 Å². The molecule has 0 spiro atoms. The molecule has 42 heavy (non-hydrogen) atoms. The molecular formula is C28H29F9N2O3. The fraction of sp³-hybridized carbons (Fsp3) is 0.500. The molecule has 2 amide bonds. The van der Waals surface area contributed by atoms with Crippen molar-refractivity contribution in [3.05, 3.63) is 64.2 Å². The van der Waals surface area contributed by atoms with E-state index in [9.17, 15) is 49.1 Å². The van der Waals surface area contributed by atoms with Crippen molar-refractivity contribution in [1.29, 1.82) is 0 Å². The van der Waals surface area contributed by atoms with E-state index in [0.717, 1.165) is 30.0 Å². The maximum absolute atomic E-state index is 13.7. The van der Waals surface area contributed by atoms with Crippen LogP contribution in [0.2, 0.25) is 0 Å². The molecule has 0 fully saturated rings. The molecule has 3 rings (SSSR count). The normalized spacial score (nSPS) is 18.0. The van der Waals surface area contributed by atoms with Gasteiger partial charge in [-0.15, -0.1) is 0 Å². The van der Waals surface area contributed by atoms with Gasteiger partial charge in [0.25, 0.3) is 0 Å². The van der Waals surface area contributed by atoms with Crippen molar-refractivity contribution >= 4 is 17.7 Å². The van der Waals surface area contributed by atoms with E-state index in [1.807, 2.05) is 0 Å². The van der Waals surface area contributed by atoms with Gasteiger partial charge >= 0.3 is 24.6 Å². The van der Waals surface area contributed by atoms with Gasteiger partial charge in [0, 0.05) is 19.5 Å². The molecule has 1 aliphatic heterocycles.